The lowest BCUT2D eigenvalue weighted by atomic mass is 10.1. The summed E-state index contributed by atoms with van der Waals surface area (Å²) in [6, 6.07) is 9.08. The predicted molar refractivity (Wildman–Crippen MR) is 138 cm³/mol. The number of nitrogens with one attached hydrogen (secondary N) is 3. The Morgan fingerprint density at radius 2 is 1.80 bits per heavy atom. The minimum absolute atomic E-state index is 0. The van der Waals surface area contributed by atoms with Crippen LogP contribution in [0.5, 0.6) is 0 Å². The number of amides is 1. The van der Waals surface area contributed by atoms with Crippen LogP contribution in [0.4, 0.5) is 5.69 Å². The highest BCUT2D eigenvalue weighted by Crippen LogP contribution is 2.26. The highest BCUT2D eigenvalue weighted by molar-refractivity contribution is 14.0. The number of hydrogen-bond acceptors (Lipinski definition) is 3. The minimum atomic E-state index is 0. The van der Waals surface area contributed by atoms with Gasteiger partial charge in [-0.2, -0.15) is 0 Å². The van der Waals surface area contributed by atoms with Gasteiger partial charge in [0.05, 0.1) is 0 Å². The van der Waals surface area contributed by atoms with Crippen molar-refractivity contribution in [2.75, 3.05) is 25.5 Å². The van der Waals surface area contributed by atoms with E-state index in [9.17, 15) is 4.79 Å². The molecule has 0 saturated heterocycles. The van der Waals surface area contributed by atoms with E-state index in [1.54, 1.807) is 7.05 Å². The van der Waals surface area contributed by atoms with Gasteiger partial charge in [-0.1, -0.05) is 25.0 Å². The molecule has 1 aromatic rings. The van der Waals surface area contributed by atoms with Gasteiger partial charge in [0.25, 0.3) is 0 Å². The quantitative estimate of drug-likeness (QED) is 0.255. The van der Waals surface area contributed by atoms with Crippen LogP contribution in [0.1, 0.15) is 58.9 Å². The number of guanidine groups is 1. The van der Waals surface area contributed by atoms with Crippen LogP contribution in [0.3, 0.4) is 0 Å². The average Bonchev–Trinajstić information content (AvgIpc) is 3.22. The van der Waals surface area contributed by atoms with Crippen LogP contribution < -0.4 is 16.0 Å². The Morgan fingerprint density at radius 1 is 1.13 bits per heavy atom. The summed E-state index contributed by atoms with van der Waals surface area (Å²) in [7, 11) is 1.79. The molecule has 2 rings (SSSR count). The molecule has 0 spiro atoms. The van der Waals surface area contributed by atoms with Crippen molar-refractivity contribution in [3.8, 4) is 0 Å². The zero-order valence-corrected chi connectivity index (χ0v) is 21.5. The SMILES string of the molecule is CN=C(NCCN(C(C)C)C(C)C)NCc1cccc(NC(=O)C2CCCC2)c1.I. The number of benzene rings is 1. The van der Waals surface area contributed by atoms with Gasteiger partial charge in [0.15, 0.2) is 5.96 Å². The van der Waals surface area contributed by atoms with Crippen LogP contribution in [0.15, 0.2) is 29.3 Å². The van der Waals surface area contributed by atoms with Crippen molar-refractivity contribution in [1.82, 2.24) is 15.5 Å². The number of rotatable bonds is 9. The maximum Gasteiger partial charge on any atom is 0.227 e. The van der Waals surface area contributed by atoms with Crippen molar-refractivity contribution in [3.05, 3.63) is 29.8 Å². The van der Waals surface area contributed by atoms with Crippen LogP contribution in [0.25, 0.3) is 0 Å². The van der Waals surface area contributed by atoms with Gasteiger partial charge in [-0.05, 0) is 58.2 Å². The molecular formula is C23H40IN5O. The average molecular weight is 530 g/mol. The third-order valence-corrected chi connectivity index (χ3v) is 5.59. The van der Waals surface area contributed by atoms with Gasteiger partial charge in [0.1, 0.15) is 0 Å². The molecule has 7 heteroatoms. The van der Waals surface area contributed by atoms with Gasteiger partial charge >= 0.3 is 0 Å². The number of aliphatic imine (C=N–C) groups is 1. The van der Waals surface area contributed by atoms with E-state index < -0.39 is 0 Å². The molecule has 0 aromatic heterocycles. The largest absolute Gasteiger partial charge is 0.355 e. The van der Waals surface area contributed by atoms with Gasteiger partial charge in [0, 0.05) is 50.4 Å². The molecule has 170 valence electrons. The second-order valence-corrected chi connectivity index (χ2v) is 8.45. The first-order valence-corrected chi connectivity index (χ1v) is 11.0. The molecule has 6 nitrogen and oxygen atoms in total. The van der Waals surface area contributed by atoms with Gasteiger partial charge in [0.2, 0.25) is 5.91 Å². The highest BCUT2D eigenvalue weighted by Gasteiger charge is 2.22. The molecule has 1 amide bonds. The van der Waals surface area contributed by atoms with Crippen molar-refractivity contribution in [1.29, 1.82) is 0 Å². The number of nitrogens with zero attached hydrogens (tertiary/aromatic N) is 2. The van der Waals surface area contributed by atoms with Crippen molar-refractivity contribution < 1.29 is 4.79 Å². The number of halogens is 1. The molecule has 1 aliphatic carbocycles. The van der Waals surface area contributed by atoms with Crippen LogP contribution in [-0.4, -0.2) is 49.0 Å². The van der Waals surface area contributed by atoms with Gasteiger partial charge < -0.3 is 16.0 Å². The molecular weight excluding hydrogens is 489 g/mol. The van der Waals surface area contributed by atoms with E-state index in [2.05, 4.69) is 59.6 Å². The van der Waals surface area contributed by atoms with Crippen molar-refractivity contribution >= 4 is 41.5 Å². The number of carbonyl (C=O) groups excluding carboxylic acids is 1. The molecule has 3 N–H and O–H groups in total. The van der Waals surface area contributed by atoms with E-state index in [-0.39, 0.29) is 35.8 Å². The zero-order chi connectivity index (χ0) is 21.2. The second-order valence-electron chi connectivity index (χ2n) is 8.45. The summed E-state index contributed by atoms with van der Waals surface area (Å²) in [4.78, 5) is 19.1. The molecule has 1 fully saturated rings. The Labute approximate surface area is 199 Å². The smallest absolute Gasteiger partial charge is 0.227 e. The lowest BCUT2D eigenvalue weighted by molar-refractivity contribution is -0.119. The predicted octanol–water partition coefficient (Wildman–Crippen LogP) is 4.22. The number of carbonyl (C=O) groups is 1. The highest BCUT2D eigenvalue weighted by atomic mass is 127. The Bertz CT molecular complexity index is 663. The van der Waals surface area contributed by atoms with E-state index in [4.69, 9.17) is 0 Å². The summed E-state index contributed by atoms with van der Waals surface area (Å²) in [6.45, 7) is 11.4. The topological polar surface area (TPSA) is 68.8 Å². The Kier molecular flexibility index (Phi) is 12.3. The van der Waals surface area contributed by atoms with Crippen LogP contribution in [0.2, 0.25) is 0 Å². The Hall–Kier alpha value is -1.35. The van der Waals surface area contributed by atoms with E-state index in [1.807, 2.05) is 18.2 Å². The first-order valence-electron chi connectivity index (χ1n) is 11.0. The van der Waals surface area contributed by atoms with E-state index in [0.717, 1.165) is 43.1 Å². The van der Waals surface area contributed by atoms with Crippen molar-refractivity contribution in [2.45, 2.75) is 72.0 Å². The van der Waals surface area contributed by atoms with E-state index >= 15 is 0 Å². The summed E-state index contributed by atoms with van der Waals surface area (Å²) in [5.74, 6) is 1.12. The molecule has 1 aromatic carbocycles. The first-order chi connectivity index (χ1) is 13.9. The standard InChI is InChI=1S/C23H39N5O.HI/c1-17(2)28(18(3)4)14-13-25-23(24-5)26-16-19-9-8-12-21(15-19)27-22(29)20-10-6-7-11-20;/h8-9,12,15,17-18,20H,6-7,10-11,13-14,16H2,1-5H3,(H,27,29)(H2,24,25,26);1H. The molecule has 0 radical (unpaired) electrons. The Morgan fingerprint density at radius 3 is 2.40 bits per heavy atom. The fourth-order valence-corrected chi connectivity index (χ4v) is 4.01. The Balaban J connectivity index is 0.00000450. The molecule has 0 unspecified atom stereocenters. The zero-order valence-electron chi connectivity index (χ0n) is 19.2. The molecule has 1 saturated carbocycles. The number of anilines is 1. The summed E-state index contributed by atoms with van der Waals surface area (Å²) >= 11 is 0. The first kappa shape index (κ1) is 26.7. The maximum atomic E-state index is 12.3. The van der Waals surface area contributed by atoms with Gasteiger partial charge in [-0.15, -0.1) is 24.0 Å². The summed E-state index contributed by atoms with van der Waals surface area (Å²) in [5.41, 5.74) is 1.98. The fraction of sp³-hybridized carbons (Fsp3) is 0.652. The summed E-state index contributed by atoms with van der Waals surface area (Å²) < 4.78 is 0. The summed E-state index contributed by atoms with van der Waals surface area (Å²) in [5, 5.41) is 9.83. The minimum Gasteiger partial charge on any atom is -0.355 e. The van der Waals surface area contributed by atoms with Crippen molar-refractivity contribution in [3.63, 3.8) is 0 Å². The molecule has 0 bridgehead atoms. The van der Waals surface area contributed by atoms with E-state index in [0.29, 0.717) is 18.6 Å². The molecule has 0 heterocycles. The fourth-order valence-electron chi connectivity index (χ4n) is 4.01. The third kappa shape index (κ3) is 8.79. The maximum absolute atomic E-state index is 12.3. The lowest BCUT2D eigenvalue weighted by Crippen LogP contribution is -2.45. The van der Waals surface area contributed by atoms with Crippen LogP contribution in [-0.2, 0) is 11.3 Å². The van der Waals surface area contributed by atoms with Gasteiger partial charge in [-0.3, -0.25) is 14.7 Å². The summed E-state index contributed by atoms with van der Waals surface area (Å²) in [6.07, 6.45) is 4.36. The van der Waals surface area contributed by atoms with Crippen molar-refractivity contribution in [2.24, 2.45) is 10.9 Å². The van der Waals surface area contributed by atoms with Crippen LogP contribution in [0, 0.1) is 5.92 Å². The molecule has 0 aliphatic heterocycles. The normalized spacial score (nSPS) is 14.9. The number of hydrogen-bond donors (Lipinski definition) is 3. The molecule has 0 atom stereocenters. The van der Waals surface area contributed by atoms with Gasteiger partial charge in [-0.25, -0.2) is 0 Å². The molecule has 1 aliphatic rings. The third-order valence-electron chi connectivity index (χ3n) is 5.59. The van der Waals surface area contributed by atoms with E-state index in [1.165, 1.54) is 12.8 Å². The monoisotopic (exact) mass is 529 g/mol. The van der Waals surface area contributed by atoms with Crippen LogP contribution >= 0.6 is 24.0 Å². The molecule has 30 heavy (non-hydrogen) atoms. The second kappa shape index (κ2) is 13.9. The lowest BCUT2D eigenvalue weighted by Gasteiger charge is -2.30.